The number of carbonyl (C=O) groups is 2. The van der Waals surface area contributed by atoms with Crippen molar-refractivity contribution in [3.63, 3.8) is 0 Å². The van der Waals surface area contributed by atoms with Gasteiger partial charge in [-0.2, -0.15) is 0 Å². The zero-order chi connectivity index (χ0) is 15.1. The predicted molar refractivity (Wildman–Crippen MR) is 77.9 cm³/mol. The monoisotopic (exact) mass is 274 g/mol. The van der Waals surface area contributed by atoms with Crippen molar-refractivity contribution in [2.45, 2.75) is 20.3 Å². The molecule has 20 heavy (non-hydrogen) atoms. The van der Waals surface area contributed by atoms with Crippen molar-refractivity contribution in [1.82, 2.24) is 4.90 Å². The van der Waals surface area contributed by atoms with Crippen molar-refractivity contribution in [2.75, 3.05) is 18.4 Å². The molecule has 0 fully saturated rings. The predicted octanol–water partition coefficient (Wildman–Crippen LogP) is 2.57. The minimum atomic E-state index is -1.02. The number of nitrogens with zero attached hydrogens (tertiary/aromatic N) is 1. The zero-order valence-corrected chi connectivity index (χ0v) is 11.6. The van der Waals surface area contributed by atoms with E-state index in [1.165, 1.54) is 11.0 Å². The van der Waals surface area contributed by atoms with Crippen LogP contribution in [0, 0.1) is 19.3 Å². The molecule has 2 N–H and O–H groups in total. The number of carbonyl (C=O) groups excluding carboxylic acids is 1. The van der Waals surface area contributed by atoms with Gasteiger partial charge in [0, 0.05) is 12.2 Å². The van der Waals surface area contributed by atoms with Gasteiger partial charge in [0.2, 0.25) is 0 Å². The van der Waals surface area contributed by atoms with E-state index in [1.54, 1.807) is 19.1 Å². The summed E-state index contributed by atoms with van der Waals surface area (Å²) in [4.78, 5) is 24.7. The number of aromatic carboxylic acids is 1. The number of urea groups is 1. The van der Waals surface area contributed by atoms with E-state index in [0.717, 1.165) is 6.42 Å². The molecule has 0 radical (unpaired) electrons. The Kier molecular flexibility index (Phi) is 5.60. The van der Waals surface area contributed by atoms with Crippen molar-refractivity contribution in [2.24, 2.45) is 0 Å². The van der Waals surface area contributed by atoms with Crippen LogP contribution in [0.4, 0.5) is 10.5 Å². The summed E-state index contributed by atoms with van der Waals surface area (Å²) in [6, 6.07) is 4.44. The Bertz CT molecular complexity index is 547. The Morgan fingerprint density at radius 2 is 2.15 bits per heavy atom. The summed E-state index contributed by atoms with van der Waals surface area (Å²) in [5, 5.41) is 11.8. The first kappa shape index (κ1) is 15.6. The van der Waals surface area contributed by atoms with E-state index >= 15 is 0 Å². The first-order valence-corrected chi connectivity index (χ1v) is 6.33. The number of carboxylic acid groups (broad SMARTS) is 1. The Hall–Kier alpha value is -2.48. The van der Waals surface area contributed by atoms with E-state index in [1.807, 2.05) is 6.92 Å². The van der Waals surface area contributed by atoms with Crippen LogP contribution in [0.2, 0.25) is 0 Å². The summed E-state index contributed by atoms with van der Waals surface area (Å²) in [7, 11) is 0. The van der Waals surface area contributed by atoms with Crippen LogP contribution in [0.15, 0.2) is 18.2 Å². The molecule has 0 aromatic heterocycles. The summed E-state index contributed by atoms with van der Waals surface area (Å²) in [5.41, 5.74) is 1.17. The molecule has 2 amide bonds. The molecule has 0 atom stereocenters. The smallest absolute Gasteiger partial charge is 0.336 e. The van der Waals surface area contributed by atoms with E-state index in [2.05, 4.69) is 11.2 Å². The number of rotatable bonds is 5. The van der Waals surface area contributed by atoms with E-state index in [9.17, 15) is 9.59 Å². The van der Waals surface area contributed by atoms with E-state index in [0.29, 0.717) is 17.8 Å². The summed E-state index contributed by atoms with van der Waals surface area (Å²) < 4.78 is 0. The molecule has 0 heterocycles. The van der Waals surface area contributed by atoms with Crippen molar-refractivity contribution >= 4 is 17.7 Å². The highest BCUT2D eigenvalue weighted by molar-refractivity contribution is 5.95. The van der Waals surface area contributed by atoms with Gasteiger partial charge in [-0.15, -0.1) is 6.42 Å². The molecular weight excluding hydrogens is 256 g/mol. The molecule has 5 heteroatoms. The van der Waals surface area contributed by atoms with E-state index in [-0.39, 0.29) is 18.1 Å². The van der Waals surface area contributed by atoms with Crippen molar-refractivity contribution in [1.29, 1.82) is 0 Å². The van der Waals surface area contributed by atoms with Gasteiger partial charge in [-0.25, -0.2) is 9.59 Å². The Morgan fingerprint density at radius 1 is 1.45 bits per heavy atom. The summed E-state index contributed by atoms with van der Waals surface area (Å²) in [6.07, 6.45) is 6.03. The third kappa shape index (κ3) is 3.75. The van der Waals surface area contributed by atoms with Crippen LogP contribution in [0.1, 0.15) is 29.3 Å². The minimum absolute atomic E-state index is 0.168. The highest BCUT2D eigenvalue weighted by Crippen LogP contribution is 2.19. The third-order valence-electron chi connectivity index (χ3n) is 2.87. The number of anilines is 1. The molecule has 0 saturated heterocycles. The lowest BCUT2D eigenvalue weighted by Gasteiger charge is -2.21. The number of terminal acetylenes is 1. The first-order chi connectivity index (χ1) is 9.51. The van der Waals surface area contributed by atoms with Crippen LogP contribution in [0.3, 0.4) is 0 Å². The third-order valence-corrected chi connectivity index (χ3v) is 2.87. The summed E-state index contributed by atoms with van der Waals surface area (Å²) >= 11 is 0. The standard InChI is InChI=1S/C15H18N2O3/c1-4-9-17(10-5-2)15(20)16-13-8-6-7-12(11(13)3)14(18)19/h1,6-8H,5,9-10H2,2-3H3,(H,16,20)(H,18,19). The molecule has 1 rings (SSSR count). The molecule has 0 saturated carbocycles. The quantitative estimate of drug-likeness (QED) is 0.811. The number of nitrogens with one attached hydrogen (secondary N) is 1. The van der Waals surface area contributed by atoms with Gasteiger partial charge in [0.1, 0.15) is 0 Å². The minimum Gasteiger partial charge on any atom is -0.478 e. The molecule has 106 valence electrons. The fourth-order valence-corrected chi connectivity index (χ4v) is 1.83. The molecule has 5 nitrogen and oxygen atoms in total. The lowest BCUT2D eigenvalue weighted by molar-refractivity contribution is 0.0696. The second-order valence-corrected chi connectivity index (χ2v) is 4.34. The van der Waals surface area contributed by atoms with Gasteiger partial charge in [0.25, 0.3) is 0 Å². The first-order valence-electron chi connectivity index (χ1n) is 6.33. The van der Waals surface area contributed by atoms with Gasteiger partial charge in [-0.1, -0.05) is 18.9 Å². The number of amides is 2. The molecule has 0 unspecified atom stereocenters. The van der Waals surface area contributed by atoms with Gasteiger partial charge in [0.15, 0.2) is 0 Å². The van der Waals surface area contributed by atoms with Crippen LogP contribution in [-0.2, 0) is 0 Å². The summed E-state index contributed by atoms with van der Waals surface area (Å²) in [6.45, 7) is 4.38. The van der Waals surface area contributed by atoms with Crippen LogP contribution >= 0.6 is 0 Å². The maximum atomic E-state index is 12.1. The average Bonchev–Trinajstić information content (AvgIpc) is 2.40. The van der Waals surface area contributed by atoms with Crippen molar-refractivity contribution in [3.8, 4) is 12.3 Å². The number of benzene rings is 1. The van der Waals surface area contributed by atoms with Crippen LogP contribution in [-0.4, -0.2) is 35.1 Å². The number of hydrogen-bond acceptors (Lipinski definition) is 2. The SMILES string of the molecule is C#CCN(CCC)C(=O)Nc1cccc(C(=O)O)c1C. The van der Waals surface area contributed by atoms with Gasteiger partial charge in [-0.05, 0) is 31.0 Å². The van der Waals surface area contributed by atoms with Gasteiger partial charge >= 0.3 is 12.0 Å². The normalized spacial score (nSPS) is 9.65. The highest BCUT2D eigenvalue weighted by Gasteiger charge is 2.15. The molecule has 0 bridgehead atoms. The molecule has 0 aliphatic heterocycles. The highest BCUT2D eigenvalue weighted by atomic mass is 16.4. The molecule has 0 aliphatic carbocycles. The van der Waals surface area contributed by atoms with Crippen molar-refractivity contribution < 1.29 is 14.7 Å². The Labute approximate surface area is 118 Å². The second kappa shape index (κ2) is 7.19. The average molecular weight is 274 g/mol. The molecule has 1 aromatic rings. The van der Waals surface area contributed by atoms with E-state index in [4.69, 9.17) is 11.5 Å². The maximum absolute atomic E-state index is 12.1. The Morgan fingerprint density at radius 3 is 2.70 bits per heavy atom. The fraction of sp³-hybridized carbons (Fsp3) is 0.333. The number of hydrogen-bond donors (Lipinski definition) is 2. The van der Waals surface area contributed by atoms with Crippen molar-refractivity contribution in [3.05, 3.63) is 29.3 Å². The lowest BCUT2D eigenvalue weighted by Crippen LogP contribution is -2.36. The van der Waals surface area contributed by atoms with Crippen LogP contribution in [0.5, 0.6) is 0 Å². The second-order valence-electron chi connectivity index (χ2n) is 4.34. The molecule has 0 spiro atoms. The largest absolute Gasteiger partial charge is 0.478 e. The number of carboxylic acids is 1. The van der Waals surface area contributed by atoms with E-state index < -0.39 is 5.97 Å². The van der Waals surface area contributed by atoms with Crippen LogP contribution in [0.25, 0.3) is 0 Å². The van der Waals surface area contributed by atoms with Gasteiger partial charge in [0.05, 0.1) is 12.1 Å². The van der Waals surface area contributed by atoms with Gasteiger partial charge in [-0.3, -0.25) is 0 Å². The van der Waals surface area contributed by atoms with Gasteiger partial charge < -0.3 is 15.3 Å². The Balaban J connectivity index is 2.93. The topological polar surface area (TPSA) is 69.6 Å². The zero-order valence-electron chi connectivity index (χ0n) is 11.6. The lowest BCUT2D eigenvalue weighted by atomic mass is 10.1. The molecular formula is C15H18N2O3. The molecule has 0 aliphatic rings. The summed E-state index contributed by atoms with van der Waals surface area (Å²) in [5.74, 6) is 1.41. The molecule has 1 aromatic carbocycles. The van der Waals surface area contributed by atoms with Crippen LogP contribution < -0.4 is 5.32 Å². The maximum Gasteiger partial charge on any atom is 0.336 e. The fourth-order valence-electron chi connectivity index (χ4n) is 1.83.